The number of esters is 1. The van der Waals surface area contributed by atoms with Crippen LogP contribution in [0.2, 0.25) is 0 Å². The van der Waals surface area contributed by atoms with E-state index in [1.165, 1.54) is 205 Å². The predicted molar refractivity (Wildman–Crippen MR) is 275 cm³/mol. The summed E-state index contributed by atoms with van der Waals surface area (Å²) in [6.45, 7) is 4.59. The van der Waals surface area contributed by atoms with E-state index in [0.717, 1.165) is 44.9 Å². The molecule has 66 heavy (non-hydrogen) atoms. The largest absolute Gasteiger partial charge is 0.457 e. The molecule has 1 fully saturated rings. The molecule has 1 heterocycles. The molecule has 9 nitrogen and oxygen atoms in total. The van der Waals surface area contributed by atoms with Crippen LogP contribution in [0.25, 0.3) is 0 Å². The highest BCUT2D eigenvalue weighted by atomic mass is 16.7. The number of hydrogen-bond donors (Lipinski definition) is 4. The summed E-state index contributed by atoms with van der Waals surface area (Å²) in [6, 6.07) is 0. The first-order valence-corrected chi connectivity index (χ1v) is 28.4. The first kappa shape index (κ1) is 62.7. The van der Waals surface area contributed by atoms with Gasteiger partial charge in [0.2, 0.25) is 0 Å². The van der Waals surface area contributed by atoms with E-state index in [1.807, 2.05) is 0 Å². The lowest BCUT2D eigenvalue weighted by Crippen LogP contribution is -2.59. The Balaban J connectivity index is 2.14. The maximum atomic E-state index is 12.9. The summed E-state index contributed by atoms with van der Waals surface area (Å²) in [5, 5.41) is 40.3. The Labute approximate surface area is 407 Å². The molecule has 0 aliphatic carbocycles. The molecule has 4 N–H and O–H groups in total. The molecule has 0 bridgehead atoms. The fourth-order valence-electron chi connectivity index (χ4n) is 8.94. The van der Waals surface area contributed by atoms with Crippen molar-refractivity contribution in [3.63, 3.8) is 0 Å². The van der Waals surface area contributed by atoms with Crippen molar-refractivity contribution in [2.45, 2.75) is 307 Å². The van der Waals surface area contributed by atoms with E-state index in [9.17, 15) is 25.2 Å². The van der Waals surface area contributed by atoms with Gasteiger partial charge in [0, 0.05) is 13.0 Å². The molecular weight excluding hydrogens is 829 g/mol. The number of aliphatic hydroxyl groups is 4. The highest BCUT2D eigenvalue weighted by molar-refractivity contribution is 5.69. The van der Waals surface area contributed by atoms with E-state index in [2.05, 4.69) is 38.2 Å². The summed E-state index contributed by atoms with van der Waals surface area (Å²) in [4.78, 5) is 12.9. The molecule has 0 radical (unpaired) electrons. The standard InChI is InChI=1S/C57H108O9/c1-3-5-7-9-11-13-15-17-19-21-23-24-25-26-27-28-29-31-33-35-37-39-41-43-45-47-63-49-51(50-64-57-56(62)55(61)54(60)52(48-58)66-57)65-53(59)46-44-42-40-38-36-34-32-30-22-20-18-16-14-12-10-8-6-4-2/h14,16,20,22,51-52,54-58,60-62H,3-13,15,17-19,21,23-50H2,1-2H3/b16-14-,22-20-. The molecule has 390 valence electrons. The van der Waals surface area contributed by atoms with Crippen LogP contribution in [0, 0.1) is 0 Å². The maximum absolute atomic E-state index is 12.9. The van der Waals surface area contributed by atoms with Gasteiger partial charge in [-0.3, -0.25) is 4.79 Å². The van der Waals surface area contributed by atoms with Crippen molar-refractivity contribution in [3.05, 3.63) is 24.3 Å². The number of allylic oxidation sites excluding steroid dienone is 4. The normalized spacial score (nSPS) is 19.4. The molecule has 0 spiro atoms. The van der Waals surface area contributed by atoms with Crippen molar-refractivity contribution in [1.82, 2.24) is 0 Å². The molecule has 0 amide bonds. The topological polar surface area (TPSA) is 135 Å². The van der Waals surface area contributed by atoms with Crippen molar-refractivity contribution in [1.29, 1.82) is 0 Å². The van der Waals surface area contributed by atoms with Crippen LogP contribution >= 0.6 is 0 Å². The van der Waals surface area contributed by atoms with Crippen molar-refractivity contribution in [2.24, 2.45) is 0 Å². The van der Waals surface area contributed by atoms with Gasteiger partial charge in [-0.2, -0.15) is 0 Å². The second-order valence-electron chi connectivity index (χ2n) is 19.7. The number of unbranched alkanes of at least 4 members (excludes halogenated alkanes) is 35. The molecule has 0 aromatic rings. The van der Waals surface area contributed by atoms with E-state index < -0.39 is 43.4 Å². The summed E-state index contributed by atoms with van der Waals surface area (Å²) >= 11 is 0. The van der Waals surface area contributed by atoms with E-state index in [0.29, 0.717) is 13.0 Å². The number of ether oxygens (including phenoxy) is 4. The van der Waals surface area contributed by atoms with Gasteiger partial charge in [0.15, 0.2) is 6.29 Å². The Bertz CT molecular complexity index is 1070. The van der Waals surface area contributed by atoms with Gasteiger partial charge in [-0.25, -0.2) is 0 Å². The second kappa shape index (κ2) is 48.7. The molecule has 6 unspecified atom stereocenters. The van der Waals surface area contributed by atoms with Gasteiger partial charge in [0.25, 0.3) is 0 Å². The summed E-state index contributed by atoms with van der Waals surface area (Å²) < 4.78 is 23.0. The quantitative estimate of drug-likeness (QED) is 0.0267. The third-order valence-electron chi connectivity index (χ3n) is 13.4. The Morgan fingerprint density at radius 3 is 1.32 bits per heavy atom. The minimum absolute atomic E-state index is 0.112. The molecular formula is C57H108O9. The first-order valence-electron chi connectivity index (χ1n) is 28.4. The summed E-state index contributed by atoms with van der Waals surface area (Å²) in [6.07, 6.45) is 52.3. The van der Waals surface area contributed by atoms with Crippen molar-refractivity contribution < 1.29 is 44.2 Å². The Morgan fingerprint density at radius 2 is 0.879 bits per heavy atom. The average Bonchev–Trinajstić information content (AvgIpc) is 3.32. The van der Waals surface area contributed by atoms with Gasteiger partial charge < -0.3 is 39.4 Å². The SMILES string of the molecule is CCCCCC/C=C\C/C=C\CCCCCCCCCC(=O)OC(COCCCCCCCCCCCCCCCCCCCCCCCCCCC)COC1OC(CO)C(O)C(O)C1O. The average molecular weight is 937 g/mol. The van der Waals surface area contributed by atoms with E-state index >= 15 is 0 Å². The lowest BCUT2D eigenvalue weighted by Gasteiger charge is -2.39. The molecule has 0 aromatic heterocycles. The van der Waals surface area contributed by atoms with Gasteiger partial charge in [0.05, 0.1) is 19.8 Å². The molecule has 0 saturated carbocycles. The van der Waals surface area contributed by atoms with Gasteiger partial charge in [-0.15, -0.1) is 0 Å². The molecule has 6 atom stereocenters. The van der Waals surface area contributed by atoms with Crippen LogP contribution in [0.3, 0.4) is 0 Å². The van der Waals surface area contributed by atoms with Crippen LogP contribution in [-0.2, 0) is 23.7 Å². The number of rotatable bonds is 50. The first-order chi connectivity index (χ1) is 32.4. The van der Waals surface area contributed by atoms with Gasteiger partial charge in [0.1, 0.15) is 30.5 Å². The van der Waals surface area contributed by atoms with Crippen LogP contribution < -0.4 is 0 Å². The van der Waals surface area contributed by atoms with E-state index in [1.54, 1.807) is 0 Å². The van der Waals surface area contributed by atoms with E-state index in [4.69, 9.17) is 18.9 Å². The Morgan fingerprint density at radius 1 is 0.485 bits per heavy atom. The monoisotopic (exact) mass is 937 g/mol. The molecule has 9 heteroatoms. The minimum atomic E-state index is -1.54. The van der Waals surface area contributed by atoms with Crippen LogP contribution in [-0.4, -0.2) is 89.6 Å². The minimum Gasteiger partial charge on any atom is -0.457 e. The van der Waals surface area contributed by atoms with E-state index in [-0.39, 0.29) is 19.2 Å². The molecule has 1 aliphatic rings. The third kappa shape index (κ3) is 38.5. The lowest BCUT2D eigenvalue weighted by molar-refractivity contribution is -0.305. The highest BCUT2D eigenvalue weighted by Crippen LogP contribution is 2.23. The van der Waals surface area contributed by atoms with Crippen LogP contribution in [0.5, 0.6) is 0 Å². The zero-order chi connectivity index (χ0) is 47.8. The predicted octanol–water partition coefficient (Wildman–Crippen LogP) is 14.5. The Hall–Kier alpha value is -1.33. The van der Waals surface area contributed by atoms with Crippen molar-refractivity contribution >= 4 is 5.97 Å². The summed E-state index contributed by atoms with van der Waals surface area (Å²) in [7, 11) is 0. The molecule has 1 aliphatic heterocycles. The van der Waals surface area contributed by atoms with Crippen LogP contribution in [0.4, 0.5) is 0 Å². The fraction of sp³-hybridized carbons (Fsp3) is 0.912. The second-order valence-corrected chi connectivity index (χ2v) is 19.7. The van der Waals surface area contributed by atoms with Crippen molar-refractivity contribution in [2.75, 3.05) is 26.4 Å². The van der Waals surface area contributed by atoms with Gasteiger partial charge >= 0.3 is 5.97 Å². The van der Waals surface area contributed by atoms with Gasteiger partial charge in [-0.05, 0) is 44.9 Å². The van der Waals surface area contributed by atoms with Crippen molar-refractivity contribution in [3.8, 4) is 0 Å². The molecule has 0 aromatic carbocycles. The number of aliphatic hydroxyl groups excluding tert-OH is 4. The third-order valence-corrected chi connectivity index (χ3v) is 13.4. The fourth-order valence-corrected chi connectivity index (χ4v) is 8.94. The molecule has 1 rings (SSSR count). The summed E-state index contributed by atoms with van der Waals surface area (Å²) in [5.74, 6) is -0.316. The highest BCUT2D eigenvalue weighted by Gasteiger charge is 2.44. The molecule has 1 saturated heterocycles. The number of carbonyl (C=O) groups excluding carboxylic acids is 1. The Kier molecular flexibility index (Phi) is 46.2. The van der Waals surface area contributed by atoms with Crippen LogP contribution in [0.15, 0.2) is 24.3 Å². The number of hydrogen-bond acceptors (Lipinski definition) is 9. The zero-order valence-electron chi connectivity index (χ0n) is 43.2. The summed E-state index contributed by atoms with van der Waals surface area (Å²) in [5.41, 5.74) is 0. The lowest BCUT2D eigenvalue weighted by atomic mass is 9.99. The smallest absolute Gasteiger partial charge is 0.306 e. The number of carbonyl (C=O) groups is 1. The zero-order valence-corrected chi connectivity index (χ0v) is 43.2. The van der Waals surface area contributed by atoms with Crippen LogP contribution in [0.1, 0.15) is 271 Å². The maximum Gasteiger partial charge on any atom is 0.306 e. The van der Waals surface area contributed by atoms with Gasteiger partial charge in [-0.1, -0.05) is 244 Å².